The molecule has 0 aliphatic heterocycles. The molecule has 172 valence electrons. The second-order valence-electron chi connectivity index (χ2n) is 8.26. The normalized spacial score (nSPS) is 10.8. The largest absolute Gasteiger partial charge is 0.436 e. The maximum Gasteiger partial charge on any atom is 0.256 e. The number of anilines is 1. The molecule has 3 aromatic carbocycles. The third-order valence-electron chi connectivity index (χ3n) is 5.71. The van der Waals surface area contributed by atoms with E-state index in [-0.39, 0.29) is 11.5 Å². The third-order valence-corrected chi connectivity index (χ3v) is 5.71. The molecule has 5 aromatic rings. The molecule has 0 fully saturated rings. The van der Waals surface area contributed by atoms with Crippen molar-refractivity contribution in [2.75, 3.05) is 5.32 Å². The number of carbonyl (C=O) groups excluding carboxylic acids is 1. The summed E-state index contributed by atoms with van der Waals surface area (Å²) in [4.78, 5) is 29.5. The lowest BCUT2D eigenvalue weighted by molar-refractivity contribution is 0.102. The Balaban J connectivity index is 1.34. The molecule has 0 saturated heterocycles. The van der Waals surface area contributed by atoms with Gasteiger partial charge < -0.3 is 14.3 Å². The molecule has 0 saturated carbocycles. The summed E-state index contributed by atoms with van der Waals surface area (Å²) >= 11 is 0. The Labute approximate surface area is 202 Å². The van der Waals surface area contributed by atoms with Crippen molar-refractivity contribution in [1.29, 1.82) is 0 Å². The number of hydrogen-bond acceptors (Lipinski definition) is 4. The monoisotopic (exact) mass is 461 g/mol. The van der Waals surface area contributed by atoms with Crippen LogP contribution in [0.2, 0.25) is 0 Å². The highest BCUT2D eigenvalue weighted by molar-refractivity contribution is 6.08. The Kier molecular flexibility index (Phi) is 6.09. The zero-order chi connectivity index (χ0) is 24.2. The van der Waals surface area contributed by atoms with Crippen molar-refractivity contribution in [3.63, 3.8) is 0 Å². The van der Waals surface area contributed by atoms with E-state index in [1.165, 1.54) is 6.07 Å². The average molecular weight is 462 g/mol. The van der Waals surface area contributed by atoms with E-state index in [4.69, 9.17) is 4.42 Å². The van der Waals surface area contributed by atoms with Gasteiger partial charge >= 0.3 is 0 Å². The lowest BCUT2D eigenvalue weighted by atomic mass is 10.1. The second-order valence-corrected chi connectivity index (χ2v) is 8.26. The van der Waals surface area contributed by atoms with Crippen molar-refractivity contribution in [3.05, 3.63) is 130 Å². The number of carbonyl (C=O) groups is 1. The number of nitrogens with one attached hydrogen (secondary N) is 1. The molecule has 0 radical (unpaired) electrons. The van der Waals surface area contributed by atoms with Crippen molar-refractivity contribution in [1.82, 2.24) is 9.55 Å². The van der Waals surface area contributed by atoms with Gasteiger partial charge in [-0.1, -0.05) is 60.2 Å². The smallest absolute Gasteiger partial charge is 0.256 e. The van der Waals surface area contributed by atoms with E-state index in [2.05, 4.69) is 10.3 Å². The fourth-order valence-electron chi connectivity index (χ4n) is 3.80. The SMILES string of the molecule is Cc1ccc(-c2cnc(-c3ccccc3C(=O)Nc3ccc(Cn4ccccc4=O)cc3)o2)cc1. The Morgan fingerprint density at radius 3 is 2.43 bits per heavy atom. The van der Waals surface area contributed by atoms with Gasteiger partial charge in [0.1, 0.15) is 0 Å². The van der Waals surface area contributed by atoms with Gasteiger partial charge in [-0.3, -0.25) is 9.59 Å². The molecule has 1 amide bonds. The Morgan fingerprint density at radius 1 is 0.914 bits per heavy atom. The number of hydrogen-bond donors (Lipinski definition) is 1. The van der Waals surface area contributed by atoms with E-state index in [0.717, 1.165) is 16.7 Å². The summed E-state index contributed by atoms with van der Waals surface area (Å²) < 4.78 is 7.63. The zero-order valence-electron chi connectivity index (χ0n) is 19.1. The van der Waals surface area contributed by atoms with Crippen molar-refractivity contribution in [2.45, 2.75) is 13.5 Å². The first-order valence-electron chi connectivity index (χ1n) is 11.2. The summed E-state index contributed by atoms with van der Waals surface area (Å²) in [6, 6.07) is 27.7. The van der Waals surface area contributed by atoms with E-state index in [0.29, 0.717) is 35.0 Å². The Bertz CT molecular complexity index is 1530. The topological polar surface area (TPSA) is 77.1 Å². The first-order valence-corrected chi connectivity index (χ1v) is 11.2. The van der Waals surface area contributed by atoms with E-state index < -0.39 is 0 Å². The first kappa shape index (κ1) is 22.1. The Morgan fingerprint density at radius 2 is 1.66 bits per heavy atom. The maximum atomic E-state index is 13.1. The lowest BCUT2D eigenvalue weighted by Gasteiger charge is -2.10. The summed E-state index contributed by atoms with van der Waals surface area (Å²) in [7, 11) is 0. The van der Waals surface area contributed by atoms with Gasteiger partial charge in [-0.25, -0.2) is 4.98 Å². The molecule has 0 spiro atoms. The minimum Gasteiger partial charge on any atom is -0.436 e. The predicted molar refractivity (Wildman–Crippen MR) is 136 cm³/mol. The summed E-state index contributed by atoms with van der Waals surface area (Å²) in [5, 5.41) is 2.94. The van der Waals surface area contributed by atoms with Crippen LogP contribution < -0.4 is 10.9 Å². The summed E-state index contributed by atoms with van der Waals surface area (Å²) in [5.41, 5.74) is 4.72. The van der Waals surface area contributed by atoms with E-state index in [1.807, 2.05) is 79.7 Å². The molecular weight excluding hydrogens is 438 g/mol. The van der Waals surface area contributed by atoms with Crippen LogP contribution in [0.3, 0.4) is 0 Å². The molecule has 6 nitrogen and oxygen atoms in total. The molecule has 0 aliphatic carbocycles. The summed E-state index contributed by atoms with van der Waals surface area (Å²) in [6.07, 6.45) is 3.42. The molecule has 0 unspecified atom stereocenters. The maximum absolute atomic E-state index is 13.1. The van der Waals surface area contributed by atoms with Gasteiger partial charge in [-0.05, 0) is 42.8 Å². The first-order chi connectivity index (χ1) is 17.1. The molecule has 2 aromatic heterocycles. The zero-order valence-corrected chi connectivity index (χ0v) is 19.1. The van der Waals surface area contributed by atoms with Crippen LogP contribution >= 0.6 is 0 Å². The van der Waals surface area contributed by atoms with Crippen molar-refractivity contribution < 1.29 is 9.21 Å². The fourth-order valence-corrected chi connectivity index (χ4v) is 3.80. The Hall–Kier alpha value is -4.71. The standard InChI is InChI=1S/C29H23N3O3/c1-20-9-13-22(14-10-20)26-18-30-29(35-26)25-7-3-2-6-24(25)28(34)31-23-15-11-21(12-16-23)19-32-17-5-4-8-27(32)33/h2-18H,19H2,1H3,(H,31,34). The van der Waals surface area contributed by atoms with Crippen LogP contribution in [-0.4, -0.2) is 15.5 Å². The molecule has 6 heteroatoms. The third kappa shape index (κ3) is 4.96. The van der Waals surface area contributed by atoms with Crippen molar-refractivity contribution in [2.24, 2.45) is 0 Å². The number of aryl methyl sites for hydroxylation is 1. The number of aromatic nitrogens is 2. The highest BCUT2D eigenvalue weighted by Gasteiger charge is 2.17. The van der Waals surface area contributed by atoms with Crippen LogP contribution in [0, 0.1) is 6.92 Å². The summed E-state index contributed by atoms with van der Waals surface area (Å²) in [5.74, 6) is 0.765. The molecule has 5 rings (SSSR count). The van der Waals surface area contributed by atoms with E-state index in [1.54, 1.807) is 29.1 Å². The number of nitrogens with zero attached hydrogens (tertiary/aromatic N) is 2. The molecule has 0 atom stereocenters. The summed E-state index contributed by atoms with van der Waals surface area (Å²) in [6.45, 7) is 2.49. The van der Waals surface area contributed by atoms with Crippen LogP contribution in [-0.2, 0) is 6.54 Å². The van der Waals surface area contributed by atoms with Gasteiger partial charge in [-0.15, -0.1) is 0 Å². The van der Waals surface area contributed by atoms with Gasteiger partial charge in [0.05, 0.1) is 18.3 Å². The number of rotatable bonds is 6. The van der Waals surface area contributed by atoms with Gasteiger partial charge in [-0.2, -0.15) is 0 Å². The molecule has 0 bridgehead atoms. The molecule has 1 N–H and O–H groups in total. The quantitative estimate of drug-likeness (QED) is 0.348. The highest BCUT2D eigenvalue weighted by atomic mass is 16.4. The van der Waals surface area contributed by atoms with Gasteiger partial charge in [0, 0.05) is 29.1 Å². The van der Waals surface area contributed by atoms with Crippen LogP contribution in [0.1, 0.15) is 21.5 Å². The minimum atomic E-state index is -0.261. The number of amides is 1. The van der Waals surface area contributed by atoms with Crippen LogP contribution in [0.4, 0.5) is 5.69 Å². The average Bonchev–Trinajstić information content (AvgIpc) is 3.37. The van der Waals surface area contributed by atoms with Crippen molar-refractivity contribution in [3.8, 4) is 22.8 Å². The predicted octanol–water partition coefficient (Wildman–Crippen LogP) is 5.78. The molecule has 2 heterocycles. The van der Waals surface area contributed by atoms with E-state index >= 15 is 0 Å². The van der Waals surface area contributed by atoms with Crippen molar-refractivity contribution >= 4 is 11.6 Å². The second kappa shape index (κ2) is 9.65. The van der Waals surface area contributed by atoms with Gasteiger partial charge in [0.25, 0.3) is 11.5 Å². The molecule has 35 heavy (non-hydrogen) atoms. The minimum absolute atomic E-state index is 0.0569. The number of benzene rings is 3. The lowest BCUT2D eigenvalue weighted by Crippen LogP contribution is -2.18. The number of pyridine rings is 1. The molecule has 0 aliphatic rings. The van der Waals surface area contributed by atoms with Crippen LogP contribution in [0.15, 0.2) is 113 Å². The molecular formula is C29H23N3O3. The van der Waals surface area contributed by atoms with Gasteiger partial charge in [0.2, 0.25) is 5.89 Å². The van der Waals surface area contributed by atoms with E-state index in [9.17, 15) is 9.59 Å². The number of oxazole rings is 1. The van der Waals surface area contributed by atoms with Gasteiger partial charge in [0.15, 0.2) is 5.76 Å². The van der Waals surface area contributed by atoms with Crippen LogP contribution in [0.5, 0.6) is 0 Å². The highest BCUT2D eigenvalue weighted by Crippen LogP contribution is 2.29. The fraction of sp³-hybridized carbons (Fsp3) is 0.0690. The van der Waals surface area contributed by atoms with Crippen LogP contribution in [0.25, 0.3) is 22.8 Å².